The number of amides is 2. The second-order valence-electron chi connectivity index (χ2n) is 5.13. The number of hydrogen-bond acceptors (Lipinski definition) is 3. The van der Waals surface area contributed by atoms with Crippen LogP contribution < -0.4 is 0 Å². The van der Waals surface area contributed by atoms with E-state index in [1.807, 2.05) is 18.7 Å². The Morgan fingerprint density at radius 3 is 2.37 bits per heavy atom. The quantitative estimate of drug-likeness (QED) is 0.725. The topological polar surface area (TPSA) is 70.1 Å². The average molecular weight is 272 g/mol. The summed E-state index contributed by atoms with van der Waals surface area (Å²) in [5.41, 5.74) is 0. The van der Waals surface area contributed by atoms with Crippen LogP contribution in [0.5, 0.6) is 0 Å². The highest BCUT2D eigenvalue weighted by molar-refractivity contribution is 5.76. The minimum absolute atomic E-state index is 0.00403. The monoisotopic (exact) mass is 272 g/mol. The summed E-state index contributed by atoms with van der Waals surface area (Å²) in [6.07, 6.45) is 2.04. The molecule has 0 aromatic carbocycles. The van der Waals surface area contributed by atoms with Gasteiger partial charge < -0.3 is 19.6 Å². The largest absolute Gasteiger partial charge is 0.481 e. The van der Waals surface area contributed by atoms with Crippen LogP contribution in [0.2, 0.25) is 0 Å². The number of hydrogen-bond donors (Lipinski definition) is 1. The SMILES string of the molecule is COCCN(C(=O)N(CCC(=O)O)C(C)C)C1CC1. The first-order valence-electron chi connectivity index (χ1n) is 6.75. The molecule has 0 aliphatic heterocycles. The van der Waals surface area contributed by atoms with E-state index < -0.39 is 5.97 Å². The number of urea groups is 1. The maximum atomic E-state index is 12.5. The molecule has 1 fully saturated rings. The van der Waals surface area contributed by atoms with Crippen LogP contribution in [0, 0.1) is 0 Å². The van der Waals surface area contributed by atoms with E-state index >= 15 is 0 Å². The zero-order chi connectivity index (χ0) is 14.4. The number of carboxylic acids is 1. The summed E-state index contributed by atoms with van der Waals surface area (Å²) in [7, 11) is 1.61. The summed E-state index contributed by atoms with van der Waals surface area (Å²) in [6.45, 7) is 5.13. The van der Waals surface area contributed by atoms with Gasteiger partial charge in [0.05, 0.1) is 13.0 Å². The van der Waals surface area contributed by atoms with Gasteiger partial charge in [0.2, 0.25) is 0 Å². The van der Waals surface area contributed by atoms with Crippen molar-refractivity contribution in [3.63, 3.8) is 0 Å². The number of carbonyl (C=O) groups excluding carboxylic acids is 1. The fourth-order valence-corrected chi connectivity index (χ4v) is 1.97. The van der Waals surface area contributed by atoms with Gasteiger partial charge in [-0.2, -0.15) is 0 Å². The van der Waals surface area contributed by atoms with Crippen molar-refractivity contribution < 1.29 is 19.4 Å². The number of rotatable bonds is 8. The fraction of sp³-hybridized carbons (Fsp3) is 0.846. The van der Waals surface area contributed by atoms with E-state index in [1.165, 1.54) is 0 Å². The lowest BCUT2D eigenvalue weighted by atomic mass is 10.3. The first-order chi connectivity index (χ1) is 8.97. The van der Waals surface area contributed by atoms with Crippen molar-refractivity contribution in [3.05, 3.63) is 0 Å². The van der Waals surface area contributed by atoms with Crippen molar-refractivity contribution in [2.24, 2.45) is 0 Å². The van der Waals surface area contributed by atoms with E-state index in [0.717, 1.165) is 12.8 Å². The first-order valence-corrected chi connectivity index (χ1v) is 6.75. The van der Waals surface area contributed by atoms with Crippen molar-refractivity contribution in [1.29, 1.82) is 0 Å². The Morgan fingerprint density at radius 2 is 1.95 bits per heavy atom. The molecule has 1 aliphatic carbocycles. The highest BCUT2D eigenvalue weighted by atomic mass is 16.5. The predicted molar refractivity (Wildman–Crippen MR) is 71.1 cm³/mol. The van der Waals surface area contributed by atoms with Gasteiger partial charge in [-0.15, -0.1) is 0 Å². The molecule has 110 valence electrons. The van der Waals surface area contributed by atoms with Crippen LogP contribution >= 0.6 is 0 Å². The molecule has 0 aromatic rings. The van der Waals surface area contributed by atoms with Crippen molar-refractivity contribution in [3.8, 4) is 0 Å². The lowest BCUT2D eigenvalue weighted by Crippen LogP contribution is -2.49. The minimum atomic E-state index is -0.881. The Bertz CT molecular complexity index is 316. The normalized spacial score (nSPS) is 14.5. The number of nitrogens with zero attached hydrogens (tertiary/aromatic N) is 2. The zero-order valence-electron chi connectivity index (χ0n) is 12.0. The summed E-state index contributed by atoms with van der Waals surface area (Å²) in [4.78, 5) is 26.6. The van der Waals surface area contributed by atoms with Gasteiger partial charge in [-0.3, -0.25) is 4.79 Å². The second kappa shape index (κ2) is 7.33. The molecule has 1 rings (SSSR count). The van der Waals surface area contributed by atoms with Crippen LogP contribution in [0.4, 0.5) is 4.79 Å². The van der Waals surface area contributed by atoms with Gasteiger partial charge in [0.1, 0.15) is 0 Å². The molecule has 6 nitrogen and oxygen atoms in total. The lowest BCUT2D eigenvalue weighted by molar-refractivity contribution is -0.137. The number of carbonyl (C=O) groups is 2. The molecule has 0 spiro atoms. The lowest BCUT2D eigenvalue weighted by Gasteiger charge is -2.33. The van der Waals surface area contributed by atoms with Gasteiger partial charge in [-0.1, -0.05) is 0 Å². The van der Waals surface area contributed by atoms with E-state index in [0.29, 0.717) is 19.2 Å². The van der Waals surface area contributed by atoms with Crippen LogP contribution in [0.15, 0.2) is 0 Å². The molecule has 0 atom stereocenters. The molecular weight excluding hydrogens is 248 g/mol. The molecule has 0 unspecified atom stereocenters. The van der Waals surface area contributed by atoms with Crippen LogP contribution in [0.1, 0.15) is 33.1 Å². The molecule has 0 radical (unpaired) electrons. The van der Waals surface area contributed by atoms with Crippen LogP contribution in [0.3, 0.4) is 0 Å². The first kappa shape index (κ1) is 15.8. The summed E-state index contributed by atoms with van der Waals surface area (Å²) < 4.78 is 5.03. The molecule has 0 aromatic heterocycles. The van der Waals surface area contributed by atoms with Crippen molar-refractivity contribution in [2.45, 2.75) is 45.2 Å². The molecule has 19 heavy (non-hydrogen) atoms. The molecule has 0 bridgehead atoms. The third kappa shape index (κ3) is 5.06. The van der Waals surface area contributed by atoms with Gasteiger partial charge in [0, 0.05) is 32.3 Å². The average Bonchev–Trinajstić information content (AvgIpc) is 3.13. The fourth-order valence-electron chi connectivity index (χ4n) is 1.97. The molecule has 0 heterocycles. The third-order valence-corrected chi connectivity index (χ3v) is 3.21. The summed E-state index contributed by atoms with van der Waals surface area (Å²) in [6, 6.07) is 0.222. The van der Waals surface area contributed by atoms with Gasteiger partial charge in [0.25, 0.3) is 0 Å². The Labute approximate surface area is 114 Å². The molecule has 0 saturated heterocycles. The third-order valence-electron chi connectivity index (χ3n) is 3.21. The maximum absolute atomic E-state index is 12.5. The van der Waals surface area contributed by atoms with Gasteiger partial charge in [-0.25, -0.2) is 4.79 Å². The molecular formula is C13H24N2O4. The number of aliphatic carboxylic acids is 1. The predicted octanol–water partition coefficient (Wildman–Crippen LogP) is 1.40. The Kier molecular flexibility index (Phi) is 6.08. The zero-order valence-corrected chi connectivity index (χ0v) is 12.0. The van der Waals surface area contributed by atoms with Crippen molar-refractivity contribution in [1.82, 2.24) is 9.80 Å². The Hall–Kier alpha value is -1.30. The van der Waals surface area contributed by atoms with Crippen LogP contribution in [-0.2, 0) is 9.53 Å². The van der Waals surface area contributed by atoms with E-state index in [-0.39, 0.29) is 25.0 Å². The minimum Gasteiger partial charge on any atom is -0.481 e. The maximum Gasteiger partial charge on any atom is 0.320 e. The molecule has 1 aliphatic rings. The second-order valence-corrected chi connectivity index (χ2v) is 5.13. The number of carboxylic acid groups (broad SMARTS) is 1. The number of methoxy groups -OCH3 is 1. The van der Waals surface area contributed by atoms with E-state index in [4.69, 9.17) is 9.84 Å². The smallest absolute Gasteiger partial charge is 0.320 e. The summed E-state index contributed by atoms with van der Waals surface area (Å²) >= 11 is 0. The van der Waals surface area contributed by atoms with Gasteiger partial charge in [-0.05, 0) is 26.7 Å². The Balaban J connectivity index is 2.63. The highest BCUT2D eigenvalue weighted by Gasteiger charge is 2.35. The van der Waals surface area contributed by atoms with Gasteiger partial charge >= 0.3 is 12.0 Å². The van der Waals surface area contributed by atoms with Gasteiger partial charge in [0.15, 0.2) is 0 Å². The Morgan fingerprint density at radius 1 is 1.32 bits per heavy atom. The molecule has 2 amide bonds. The van der Waals surface area contributed by atoms with Crippen LogP contribution in [0.25, 0.3) is 0 Å². The van der Waals surface area contributed by atoms with Crippen molar-refractivity contribution >= 4 is 12.0 Å². The standard InChI is InChI=1S/C13H24N2O4/c1-10(2)14(7-6-12(16)17)13(18)15(8-9-19-3)11-4-5-11/h10-11H,4-9H2,1-3H3,(H,16,17). The van der Waals surface area contributed by atoms with E-state index in [2.05, 4.69) is 0 Å². The van der Waals surface area contributed by atoms with E-state index in [9.17, 15) is 9.59 Å². The molecule has 6 heteroatoms. The highest BCUT2D eigenvalue weighted by Crippen LogP contribution is 2.28. The van der Waals surface area contributed by atoms with Crippen LogP contribution in [-0.4, -0.2) is 65.8 Å². The molecule has 1 saturated carbocycles. The van der Waals surface area contributed by atoms with E-state index in [1.54, 1.807) is 12.0 Å². The van der Waals surface area contributed by atoms with Crippen molar-refractivity contribution in [2.75, 3.05) is 26.8 Å². The summed E-state index contributed by atoms with van der Waals surface area (Å²) in [5, 5.41) is 8.76. The summed E-state index contributed by atoms with van der Waals surface area (Å²) in [5.74, 6) is -0.881. The number of ether oxygens (including phenoxy) is 1. The molecule has 1 N–H and O–H groups in total.